The zero-order valence-electron chi connectivity index (χ0n) is 34.0. The second-order valence-electron chi connectivity index (χ2n) is 14.7. The molecule has 2 aromatic carbocycles. The highest BCUT2D eigenvalue weighted by Gasteiger charge is 2.34. The number of aryl methyl sites for hydroxylation is 2. The summed E-state index contributed by atoms with van der Waals surface area (Å²) >= 11 is 0. The van der Waals surface area contributed by atoms with Crippen molar-refractivity contribution in [2.75, 3.05) is 25.9 Å². The van der Waals surface area contributed by atoms with Crippen molar-refractivity contribution in [2.24, 2.45) is 17.8 Å². The van der Waals surface area contributed by atoms with Crippen LogP contribution in [-0.2, 0) is 40.4 Å². The average molecular weight is 806 g/mol. The van der Waals surface area contributed by atoms with Gasteiger partial charge in [-0.25, -0.2) is 12.7 Å². The topological polar surface area (TPSA) is 203 Å². The Morgan fingerprint density at radius 3 is 2.32 bits per heavy atom. The summed E-state index contributed by atoms with van der Waals surface area (Å²) in [4.78, 5) is 64.8. The molecule has 4 amide bonds. The molecule has 2 aromatic rings. The molecule has 0 aliphatic heterocycles. The smallest absolute Gasteiger partial charge is 0.244 e. The number of hydrogen-bond acceptors (Lipinski definition) is 9. The van der Waals surface area contributed by atoms with Crippen LogP contribution in [-0.4, -0.2) is 85.3 Å². The highest BCUT2D eigenvalue weighted by atomic mass is 32.2. The van der Waals surface area contributed by atoms with E-state index in [1.54, 1.807) is 12.1 Å². The van der Waals surface area contributed by atoms with Crippen molar-refractivity contribution in [3.63, 3.8) is 0 Å². The molecule has 4 atom stereocenters. The lowest BCUT2D eigenvalue weighted by Gasteiger charge is -2.26. The quantitative estimate of drug-likeness (QED) is 0.0881. The van der Waals surface area contributed by atoms with Crippen LogP contribution in [0, 0.1) is 42.9 Å². The van der Waals surface area contributed by atoms with Crippen LogP contribution in [0.4, 0.5) is 0 Å². The minimum absolute atomic E-state index is 0.0538. The maximum absolute atomic E-state index is 13.6. The Bertz CT molecular complexity index is 1870. The molecule has 310 valence electrons. The summed E-state index contributed by atoms with van der Waals surface area (Å²) in [6.07, 6.45) is 5.89. The molecule has 0 spiro atoms. The Labute approximate surface area is 338 Å². The van der Waals surface area contributed by atoms with Crippen LogP contribution in [0.25, 0.3) is 6.08 Å². The Hall–Kier alpha value is -5.13. The van der Waals surface area contributed by atoms with Gasteiger partial charge < -0.3 is 21.1 Å². The third-order valence-corrected chi connectivity index (χ3v) is 11.2. The third kappa shape index (κ3) is 17.7. The summed E-state index contributed by atoms with van der Waals surface area (Å²) in [6, 6.07) is 16.2. The van der Waals surface area contributed by atoms with Crippen LogP contribution in [0.1, 0.15) is 81.5 Å². The van der Waals surface area contributed by atoms with Crippen LogP contribution >= 0.6 is 0 Å². The van der Waals surface area contributed by atoms with Gasteiger partial charge in [0, 0.05) is 51.1 Å². The molecule has 0 saturated heterocycles. The molecule has 0 aliphatic carbocycles. The second-order valence-corrected chi connectivity index (χ2v) is 16.7. The zero-order chi connectivity index (χ0) is 42.5. The number of rotatable bonds is 24. The Kier molecular flexibility index (Phi) is 20.6. The van der Waals surface area contributed by atoms with E-state index in [-0.39, 0.29) is 69.2 Å². The summed E-state index contributed by atoms with van der Waals surface area (Å²) in [5.74, 6) is -4.50. The number of aliphatic hydroxyl groups is 1. The standard InChI is InChI=1S/C43H59N5O8S/c1-30(2)26-36(43(54)48(24-22-44)57(55,56)25-11-16-40(51)45-6)29-37(49)21-23-46-42(53)38(28-35-20-17-31(3)33(5)27-35)47-41(52)15-10-14-39(50)32(4)18-19-34-12-8-7-9-13-34/h7-10,12-13,15,17-20,27,30,32,36,38-39,50H,11,14,16,21,23-26,28-29H2,1-6H3,(H,45,51)(H,46,53)(H,47,52)/b15-10+,19-18+/t32-,36-,38-,39+/m1/s1. The summed E-state index contributed by atoms with van der Waals surface area (Å²) in [7, 11) is -2.83. The predicted octanol–water partition coefficient (Wildman–Crippen LogP) is 4.32. The first-order valence-electron chi connectivity index (χ1n) is 19.3. The number of ketones is 1. The number of nitrogens with one attached hydrogen (secondary N) is 3. The number of nitrogens with zero attached hydrogens (tertiary/aromatic N) is 2. The van der Waals surface area contributed by atoms with E-state index in [0.717, 1.165) is 22.3 Å². The lowest BCUT2D eigenvalue weighted by molar-refractivity contribution is -0.134. The normalized spacial score (nSPS) is 13.7. The molecule has 0 heterocycles. The highest BCUT2D eigenvalue weighted by Crippen LogP contribution is 2.22. The van der Waals surface area contributed by atoms with Gasteiger partial charge in [-0.2, -0.15) is 5.26 Å². The first kappa shape index (κ1) is 48.0. The number of hydrogen-bond donors (Lipinski definition) is 4. The molecule has 57 heavy (non-hydrogen) atoms. The summed E-state index contributed by atoms with van der Waals surface area (Å²) in [5.41, 5.74) is 3.91. The van der Waals surface area contributed by atoms with E-state index in [2.05, 4.69) is 16.0 Å². The van der Waals surface area contributed by atoms with E-state index in [4.69, 9.17) is 0 Å². The third-order valence-electron chi connectivity index (χ3n) is 9.45. The van der Waals surface area contributed by atoms with Gasteiger partial charge in [0.15, 0.2) is 0 Å². The molecule has 13 nitrogen and oxygen atoms in total. The van der Waals surface area contributed by atoms with Crippen LogP contribution in [0.2, 0.25) is 0 Å². The van der Waals surface area contributed by atoms with Crippen molar-refractivity contribution in [2.45, 2.75) is 91.7 Å². The highest BCUT2D eigenvalue weighted by molar-refractivity contribution is 7.89. The molecule has 2 rings (SSSR count). The number of aliphatic hydroxyl groups excluding tert-OH is 1. The van der Waals surface area contributed by atoms with Crippen molar-refractivity contribution < 1.29 is 37.5 Å². The van der Waals surface area contributed by atoms with Gasteiger partial charge in [-0.3, -0.25) is 24.0 Å². The molecule has 14 heteroatoms. The van der Waals surface area contributed by atoms with Crippen molar-refractivity contribution in [3.8, 4) is 6.07 Å². The van der Waals surface area contributed by atoms with E-state index in [1.807, 2.05) is 95.3 Å². The fourth-order valence-electron chi connectivity index (χ4n) is 5.98. The lowest BCUT2D eigenvalue weighted by atomic mass is 9.91. The number of amides is 4. The van der Waals surface area contributed by atoms with Crippen LogP contribution < -0.4 is 16.0 Å². The molecular weight excluding hydrogens is 747 g/mol. The molecule has 0 bridgehead atoms. The van der Waals surface area contributed by atoms with Gasteiger partial charge >= 0.3 is 0 Å². The average Bonchev–Trinajstić information content (AvgIpc) is 3.16. The van der Waals surface area contributed by atoms with Crippen molar-refractivity contribution in [3.05, 3.63) is 89.0 Å². The fourth-order valence-corrected chi connectivity index (χ4v) is 7.38. The van der Waals surface area contributed by atoms with Crippen molar-refractivity contribution in [1.29, 1.82) is 5.26 Å². The van der Waals surface area contributed by atoms with E-state index in [0.29, 0.717) is 4.31 Å². The zero-order valence-corrected chi connectivity index (χ0v) is 34.8. The van der Waals surface area contributed by atoms with Crippen molar-refractivity contribution >= 4 is 45.5 Å². The van der Waals surface area contributed by atoms with Gasteiger partial charge in [0.2, 0.25) is 33.7 Å². The first-order valence-corrected chi connectivity index (χ1v) is 20.9. The van der Waals surface area contributed by atoms with E-state index in [1.165, 1.54) is 13.1 Å². The number of benzene rings is 2. The Morgan fingerprint density at radius 1 is 0.982 bits per heavy atom. The van der Waals surface area contributed by atoms with E-state index >= 15 is 0 Å². The van der Waals surface area contributed by atoms with Gasteiger partial charge in [0.05, 0.1) is 17.9 Å². The molecule has 0 aliphatic rings. The second kappa shape index (κ2) is 24.5. The number of sulfonamides is 1. The minimum atomic E-state index is -4.25. The lowest BCUT2D eigenvalue weighted by Crippen LogP contribution is -2.48. The van der Waals surface area contributed by atoms with Crippen LogP contribution in [0.3, 0.4) is 0 Å². The van der Waals surface area contributed by atoms with Crippen LogP contribution in [0.15, 0.2) is 66.8 Å². The van der Waals surface area contributed by atoms with E-state index in [9.17, 15) is 42.8 Å². The number of carbonyl (C=O) groups excluding carboxylic acids is 5. The molecule has 0 aromatic heterocycles. The maximum atomic E-state index is 13.6. The Balaban J connectivity index is 2.09. The fraction of sp³-hybridized carbons (Fsp3) is 0.488. The van der Waals surface area contributed by atoms with Gasteiger partial charge in [0.1, 0.15) is 18.4 Å². The molecule has 0 radical (unpaired) electrons. The molecule has 0 saturated carbocycles. The predicted molar refractivity (Wildman–Crippen MR) is 221 cm³/mol. The van der Waals surface area contributed by atoms with Gasteiger partial charge in [-0.15, -0.1) is 0 Å². The molecule has 4 N–H and O–H groups in total. The van der Waals surface area contributed by atoms with Crippen molar-refractivity contribution in [1.82, 2.24) is 20.3 Å². The number of carbonyl (C=O) groups is 5. The first-order chi connectivity index (χ1) is 27.0. The summed E-state index contributed by atoms with van der Waals surface area (Å²) in [5, 5.41) is 27.8. The minimum Gasteiger partial charge on any atom is -0.392 e. The van der Waals surface area contributed by atoms with E-state index < -0.39 is 63.9 Å². The SMILES string of the molecule is CNC(=O)CCCS(=O)(=O)N(CC#N)C(=O)[C@@H](CC(=O)CCNC(=O)[C@@H](Cc1ccc(C)c(C)c1)NC(=O)/C=C/C[C@H](O)[C@H](C)/C=C/c1ccccc1)CC(C)C. The molecule has 0 fully saturated rings. The molecular formula is C43H59N5O8S. The Morgan fingerprint density at radius 2 is 1.68 bits per heavy atom. The van der Waals surface area contributed by atoms with Gasteiger partial charge in [0.25, 0.3) is 0 Å². The maximum Gasteiger partial charge on any atom is 0.244 e. The van der Waals surface area contributed by atoms with Gasteiger partial charge in [-0.05, 0) is 67.4 Å². The molecule has 0 unspecified atom stereocenters. The van der Waals surface area contributed by atoms with Crippen LogP contribution in [0.5, 0.6) is 0 Å². The summed E-state index contributed by atoms with van der Waals surface area (Å²) < 4.78 is 26.7. The monoisotopic (exact) mass is 805 g/mol. The number of nitriles is 1. The number of Topliss-reactive ketones (excluding diaryl/α,β-unsaturated/α-hetero) is 1. The van der Waals surface area contributed by atoms with Gasteiger partial charge in [-0.1, -0.05) is 87.5 Å². The summed E-state index contributed by atoms with van der Waals surface area (Å²) in [6.45, 7) is 8.61. The largest absolute Gasteiger partial charge is 0.392 e.